The number of hydrogen-bond acceptors (Lipinski definition) is 2. The first-order valence-corrected chi connectivity index (χ1v) is 7.49. The van der Waals surface area contributed by atoms with Crippen molar-refractivity contribution in [3.63, 3.8) is 0 Å². The molecule has 0 saturated carbocycles. The molecule has 1 unspecified atom stereocenters. The van der Waals surface area contributed by atoms with Crippen LogP contribution in [-0.4, -0.2) is 40.7 Å². The van der Waals surface area contributed by atoms with Gasteiger partial charge in [0.2, 0.25) is 5.91 Å². The third kappa shape index (κ3) is 2.35. The van der Waals surface area contributed by atoms with E-state index in [2.05, 4.69) is 13.5 Å². The first-order valence-electron chi connectivity index (χ1n) is 7.49. The molecule has 2 heterocycles. The number of rotatable bonds is 2. The summed E-state index contributed by atoms with van der Waals surface area (Å²) in [6, 6.07) is 7.65. The van der Waals surface area contributed by atoms with Crippen LogP contribution in [0.4, 0.5) is 0 Å². The van der Waals surface area contributed by atoms with E-state index >= 15 is 0 Å². The van der Waals surface area contributed by atoms with Crippen LogP contribution in [0.25, 0.3) is 5.70 Å². The number of amides is 2. The Kier molecular flexibility index (Phi) is 3.53. The van der Waals surface area contributed by atoms with Crippen molar-refractivity contribution in [3.05, 3.63) is 42.0 Å². The average Bonchev–Trinajstić information content (AvgIpc) is 2.73. The molecule has 0 N–H and O–H groups in total. The zero-order valence-electron chi connectivity index (χ0n) is 12.3. The van der Waals surface area contributed by atoms with Crippen molar-refractivity contribution in [1.82, 2.24) is 9.80 Å². The highest BCUT2D eigenvalue weighted by Crippen LogP contribution is 2.31. The molecule has 21 heavy (non-hydrogen) atoms. The van der Waals surface area contributed by atoms with Crippen molar-refractivity contribution in [3.8, 4) is 0 Å². The Morgan fingerprint density at radius 1 is 1.29 bits per heavy atom. The lowest BCUT2D eigenvalue weighted by Crippen LogP contribution is -2.46. The second-order valence-electron chi connectivity index (χ2n) is 5.82. The van der Waals surface area contributed by atoms with E-state index in [0.717, 1.165) is 24.9 Å². The summed E-state index contributed by atoms with van der Waals surface area (Å²) >= 11 is 0. The van der Waals surface area contributed by atoms with Crippen LogP contribution in [0.1, 0.15) is 42.1 Å². The summed E-state index contributed by atoms with van der Waals surface area (Å²) in [6.07, 6.45) is 3.26. The van der Waals surface area contributed by atoms with Gasteiger partial charge in [0, 0.05) is 29.4 Å². The van der Waals surface area contributed by atoms with Gasteiger partial charge in [0.15, 0.2) is 0 Å². The molecule has 110 valence electrons. The molecule has 2 aliphatic rings. The van der Waals surface area contributed by atoms with Gasteiger partial charge in [0.1, 0.15) is 6.54 Å². The Morgan fingerprint density at radius 3 is 2.67 bits per heavy atom. The SMILES string of the molecule is C=C1c2ccccc2C(=O)N1CC(=O)N1CCCCC1C. The van der Waals surface area contributed by atoms with Crippen LogP contribution in [-0.2, 0) is 4.79 Å². The molecular weight excluding hydrogens is 264 g/mol. The van der Waals surface area contributed by atoms with Crippen molar-refractivity contribution in [1.29, 1.82) is 0 Å². The third-order valence-electron chi connectivity index (χ3n) is 4.46. The molecule has 0 aliphatic carbocycles. The second-order valence-corrected chi connectivity index (χ2v) is 5.82. The van der Waals surface area contributed by atoms with Crippen LogP contribution in [0.2, 0.25) is 0 Å². The van der Waals surface area contributed by atoms with E-state index in [1.807, 2.05) is 23.1 Å². The Bertz CT molecular complexity index is 574. The minimum atomic E-state index is -0.117. The largest absolute Gasteiger partial charge is 0.338 e. The molecular formula is C17H20N2O2. The summed E-state index contributed by atoms with van der Waals surface area (Å²) in [6.45, 7) is 6.94. The van der Waals surface area contributed by atoms with Crippen molar-refractivity contribution in [2.24, 2.45) is 0 Å². The van der Waals surface area contributed by atoms with Gasteiger partial charge in [-0.25, -0.2) is 0 Å². The molecule has 1 aromatic rings. The predicted octanol–water partition coefficient (Wildman–Crippen LogP) is 2.51. The molecule has 2 amide bonds. The van der Waals surface area contributed by atoms with Crippen molar-refractivity contribution in [2.45, 2.75) is 32.2 Å². The average molecular weight is 284 g/mol. The van der Waals surface area contributed by atoms with E-state index in [9.17, 15) is 9.59 Å². The normalized spacial score (nSPS) is 21.7. The van der Waals surface area contributed by atoms with Crippen LogP contribution in [0.15, 0.2) is 30.8 Å². The maximum atomic E-state index is 12.5. The summed E-state index contributed by atoms with van der Waals surface area (Å²) in [5.41, 5.74) is 2.11. The van der Waals surface area contributed by atoms with E-state index < -0.39 is 0 Å². The van der Waals surface area contributed by atoms with Crippen molar-refractivity contribution < 1.29 is 9.59 Å². The van der Waals surface area contributed by atoms with Gasteiger partial charge in [-0.2, -0.15) is 0 Å². The van der Waals surface area contributed by atoms with E-state index in [1.54, 1.807) is 6.07 Å². The van der Waals surface area contributed by atoms with Gasteiger partial charge in [-0.1, -0.05) is 24.8 Å². The Morgan fingerprint density at radius 2 is 2.00 bits per heavy atom. The number of fused-ring (bicyclic) bond motifs is 1. The van der Waals surface area contributed by atoms with Crippen LogP contribution in [0.5, 0.6) is 0 Å². The van der Waals surface area contributed by atoms with Gasteiger partial charge in [0.05, 0.1) is 0 Å². The molecule has 4 heteroatoms. The Labute approximate surface area is 125 Å². The maximum Gasteiger partial charge on any atom is 0.259 e. The van der Waals surface area contributed by atoms with Gasteiger partial charge in [0.25, 0.3) is 5.91 Å². The number of carbonyl (C=O) groups excluding carboxylic acids is 2. The lowest BCUT2D eigenvalue weighted by molar-refractivity contribution is -0.134. The lowest BCUT2D eigenvalue weighted by atomic mass is 10.0. The fourth-order valence-corrected chi connectivity index (χ4v) is 3.20. The zero-order valence-corrected chi connectivity index (χ0v) is 12.3. The molecule has 3 rings (SSSR count). The fourth-order valence-electron chi connectivity index (χ4n) is 3.20. The quantitative estimate of drug-likeness (QED) is 0.837. The van der Waals surface area contributed by atoms with E-state index in [-0.39, 0.29) is 24.4 Å². The van der Waals surface area contributed by atoms with Crippen LogP contribution >= 0.6 is 0 Å². The number of hydrogen-bond donors (Lipinski definition) is 0. The first kappa shape index (κ1) is 13.9. The van der Waals surface area contributed by atoms with E-state index in [1.165, 1.54) is 11.3 Å². The van der Waals surface area contributed by atoms with Gasteiger partial charge in [-0.15, -0.1) is 0 Å². The molecule has 1 fully saturated rings. The highest BCUT2D eigenvalue weighted by Gasteiger charge is 2.34. The van der Waals surface area contributed by atoms with Crippen molar-refractivity contribution >= 4 is 17.5 Å². The monoisotopic (exact) mass is 284 g/mol. The minimum Gasteiger partial charge on any atom is -0.338 e. The maximum absolute atomic E-state index is 12.5. The zero-order chi connectivity index (χ0) is 15.0. The minimum absolute atomic E-state index is 0.0181. The number of carbonyl (C=O) groups is 2. The van der Waals surface area contributed by atoms with Gasteiger partial charge >= 0.3 is 0 Å². The van der Waals surface area contributed by atoms with Gasteiger partial charge in [-0.3, -0.25) is 14.5 Å². The summed E-state index contributed by atoms with van der Waals surface area (Å²) in [5.74, 6) is -0.0990. The second kappa shape index (κ2) is 5.35. The van der Waals surface area contributed by atoms with E-state index in [0.29, 0.717) is 11.3 Å². The number of piperidine rings is 1. The molecule has 0 spiro atoms. The highest BCUT2D eigenvalue weighted by molar-refractivity contribution is 6.10. The molecule has 1 atom stereocenters. The summed E-state index contributed by atoms with van der Waals surface area (Å²) in [4.78, 5) is 28.3. The van der Waals surface area contributed by atoms with E-state index in [4.69, 9.17) is 0 Å². The summed E-state index contributed by atoms with van der Waals surface area (Å²) < 4.78 is 0. The molecule has 0 radical (unpaired) electrons. The topological polar surface area (TPSA) is 40.6 Å². The Hall–Kier alpha value is -2.10. The first-order chi connectivity index (χ1) is 10.1. The summed E-state index contributed by atoms with van der Waals surface area (Å²) in [7, 11) is 0. The van der Waals surface area contributed by atoms with Gasteiger partial charge < -0.3 is 4.90 Å². The molecule has 1 saturated heterocycles. The smallest absolute Gasteiger partial charge is 0.259 e. The standard InChI is InChI=1S/C17H20N2O2/c1-12-7-5-6-10-18(12)16(20)11-19-13(2)14-8-3-4-9-15(14)17(19)21/h3-4,8-9,12H,2,5-7,10-11H2,1H3. The summed E-state index contributed by atoms with van der Waals surface area (Å²) in [5, 5.41) is 0. The Balaban J connectivity index is 1.76. The molecule has 0 aromatic heterocycles. The molecule has 1 aromatic carbocycles. The van der Waals surface area contributed by atoms with Crippen LogP contribution < -0.4 is 0 Å². The number of likely N-dealkylation sites (tertiary alicyclic amines) is 1. The molecule has 4 nitrogen and oxygen atoms in total. The molecule has 2 aliphatic heterocycles. The van der Waals surface area contributed by atoms with Crippen LogP contribution in [0, 0.1) is 0 Å². The fraction of sp³-hybridized carbons (Fsp3) is 0.412. The van der Waals surface area contributed by atoms with Crippen LogP contribution in [0.3, 0.4) is 0 Å². The van der Waals surface area contributed by atoms with Crippen molar-refractivity contribution in [2.75, 3.05) is 13.1 Å². The number of nitrogens with zero attached hydrogens (tertiary/aromatic N) is 2. The van der Waals surface area contributed by atoms with Gasteiger partial charge in [-0.05, 0) is 32.3 Å². The number of benzene rings is 1. The predicted molar refractivity (Wildman–Crippen MR) is 81.5 cm³/mol. The third-order valence-corrected chi connectivity index (χ3v) is 4.46. The highest BCUT2D eigenvalue weighted by atomic mass is 16.2. The lowest BCUT2D eigenvalue weighted by Gasteiger charge is -2.34. The molecule has 0 bridgehead atoms.